The molecule has 0 spiro atoms. The van der Waals surface area contributed by atoms with Gasteiger partial charge in [0.25, 0.3) is 0 Å². The summed E-state index contributed by atoms with van der Waals surface area (Å²) in [7, 11) is 0. The molecule has 0 atom stereocenters. The van der Waals surface area contributed by atoms with Crippen molar-refractivity contribution >= 4 is 28.3 Å². The molecule has 0 aliphatic heterocycles. The molecule has 28 heavy (non-hydrogen) atoms. The van der Waals surface area contributed by atoms with Crippen LogP contribution >= 0.6 is 11.3 Å². The van der Waals surface area contributed by atoms with Crippen molar-refractivity contribution in [2.45, 2.75) is 13.3 Å². The van der Waals surface area contributed by atoms with Gasteiger partial charge in [0.1, 0.15) is 28.2 Å². The number of carbonyl (C=O) groups excluding carboxylic acids is 1. The van der Waals surface area contributed by atoms with E-state index in [-0.39, 0.29) is 11.2 Å². The Hall–Kier alpha value is -3.38. The van der Waals surface area contributed by atoms with Gasteiger partial charge in [-0.2, -0.15) is 0 Å². The zero-order chi connectivity index (χ0) is 19.5. The first-order chi connectivity index (χ1) is 13.6. The molecule has 140 valence electrons. The number of fused-ring (bicyclic) bond motifs is 1. The van der Waals surface area contributed by atoms with Crippen molar-refractivity contribution < 1.29 is 18.7 Å². The summed E-state index contributed by atoms with van der Waals surface area (Å²) in [6.07, 6.45) is 2.20. The van der Waals surface area contributed by atoms with Crippen LogP contribution in [-0.2, 0) is 6.42 Å². The van der Waals surface area contributed by atoms with Crippen molar-refractivity contribution in [2.24, 2.45) is 0 Å². The zero-order valence-electron chi connectivity index (χ0n) is 15.0. The average Bonchev–Trinajstić information content (AvgIpc) is 3.26. The minimum atomic E-state index is -0.452. The van der Waals surface area contributed by atoms with Crippen molar-refractivity contribution in [3.8, 4) is 17.2 Å². The van der Waals surface area contributed by atoms with E-state index in [1.165, 1.54) is 29.2 Å². The molecule has 2 aromatic carbocycles. The molecule has 4 aromatic rings. The first-order valence-corrected chi connectivity index (χ1v) is 9.60. The van der Waals surface area contributed by atoms with Gasteiger partial charge in [0.05, 0.1) is 5.39 Å². The highest BCUT2D eigenvalue weighted by molar-refractivity contribution is 7.12. The molecule has 0 fully saturated rings. The highest BCUT2D eigenvalue weighted by Gasteiger charge is 2.13. The molecule has 0 bridgehead atoms. The lowest BCUT2D eigenvalue weighted by atomic mass is 10.2. The van der Waals surface area contributed by atoms with Crippen LogP contribution in [0.2, 0.25) is 0 Å². The molecule has 0 N–H and O–H groups in total. The van der Waals surface area contributed by atoms with Crippen molar-refractivity contribution in [1.82, 2.24) is 0 Å². The summed E-state index contributed by atoms with van der Waals surface area (Å²) in [5.41, 5.74) is 1.20. The van der Waals surface area contributed by atoms with Gasteiger partial charge in [0, 0.05) is 6.07 Å². The normalized spacial score (nSPS) is 10.8. The molecular formula is C22H16O5S. The minimum absolute atomic E-state index is 0.0973. The second-order valence-corrected chi connectivity index (χ2v) is 7.00. The molecule has 0 aliphatic rings. The molecule has 4 rings (SSSR count). The molecular weight excluding hydrogens is 376 g/mol. The third-order valence-electron chi connectivity index (χ3n) is 4.21. The van der Waals surface area contributed by atoms with E-state index in [4.69, 9.17) is 13.9 Å². The predicted octanol–water partition coefficient (Wildman–Crippen LogP) is 5.43. The van der Waals surface area contributed by atoms with Crippen LogP contribution in [0.5, 0.6) is 17.2 Å². The molecule has 0 aliphatic carbocycles. The van der Waals surface area contributed by atoms with Crippen LogP contribution in [0.4, 0.5) is 0 Å². The Morgan fingerprint density at radius 2 is 1.86 bits per heavy atom. The lowest BCUT2D eigenvalue weighted by Crippen LogP contribution is -2.07. The number of hydrogen-bond donors (Lipinski definition) is 0. The standard InChI is InChI=1S/C22H16O5S/c1-2-14-5-7-15(8-6-14)26-19-13-25-18-12-16(9-10-17(18)21(19)23)27-22(24)20-4-3-11-28-20/h3-13H,2H2,1H3. The maximum atomic E-state index is 12.7. The van der Waals surface area contributed by atoms with Crippen molar-refractivity contribution in [3.05, 3.63) is 86.9 Å². The van der Waals surface area contributed by atoms with Gasteiger partial charge in [-0.05, 0) is 47.7 Å². The lowest BCUT2D eigenvalue weighted by Gasteiger charge is -2.07. The highest BCUT2D eigenvalue weighted by atomic mass is 32.1. The van der Waals surface area contributed by atoms with Crippen LogP contribution in [0.15, 0.2) is 75.5 Å². The van der Waals surface area contributed by atoms with Crippen molar-refractivity contribution in [3.63, 3.8) is 0 Å². The summed E-state index contributed by atoms with van der Waals surface area (Å²) in [5, 5.41) is 2.14. The van der Waals surface area contributed by atoms with Gasteiger partial charge in [0.2, 0.25) is 11.2 Å². The minimum Gasteiger partial charge on any atom is -0.460 e. The largest absolute Gasteiger partial charge is 0.460 e. The second-order valence-electron chi connectivity index (χ2n) is 6.05. The monoisotopic (exact) mass is 392 g/mol. The fourth-order valence-corrected chi connectivity index (χ4v) is 3.30. The quantitative estimate of drug-likeness (QED) is 0.335. The predicted molar refractivity (Wildman–Crippen MR) is 108 cm³/mol. The number of ether oxygens (including phenoxy) is 2. The number of carbonyl (C=O) groups is 1. The maximum absolute atomic E-state index is 12.7. The van der Waals surface area contributed by atoms with Crippen LogP contribution < -0.4 is 14.9 Å². The number of rotatable bonds is 5. The smallest absolute Gasteiger partial charge is 0.353 e. The summed E-state index contributed by atoms with van der Waals surface area (Å²) in [5.74, 6) is 0.510. The molecule has 0 amide bonds. The third-order valence-corrected chi connectivity index (χ3v) is 5.06. The maximum Gasteiger partial charge on any atom is 0.353 e. The number of aryl methyl sites for hydroxylation is 1. The molecule has 2 aromatic heterocycles. The van der Waals surface area contributed by atoms with E-state index in [2.05, 4.69) is 6.92 Å². The molecule has 0 radical (unpaired) electrons. The molecule has 2 heterocycles. The second kappa shape index (κ2) is 7.70. The van der Waals surface area contributed by atoms with Gasteiger partial charge >= 0.3 is 5.97 Å². The van der Waals surface area contributed by atoms with E-state index in [9.17, 15) is 9.59 Å². The Morgan fingerprint density at radius 1 is 1.07 bits per heavy atom. The Balaban J connectivity index is 1.59. The van der Waals surface area contributed by atoms with E-state index < -0.39 is 5.97 Å². The number of thiophene rings is 1. The summed E-state index contributed by atoms with van der Waals surface area (Å²) in [6, 6.07) is 15.6. The van der Waals surface area contributed by atoms with Gasteiger partial charge in [-0.25, -0.2) is 4.79 Å². The SMILES string of the molecule is CCc1ccc(Oc2coc3cc(OC(=O)c4cccs4)ccc3c2=O)cc1. The highest BCUT2D eigenvalue weighted by Crippen LogP contribution is 2.25. The van der Waals surface area contributed by atoms with Crippen LogP contribution in [0.3, 0.4) is 0 Å². The summed E-state index contributed by atoms with van der Waals surface area (Å²) >= 11 is 1.30. The van der Waals surface area contributed by atoms with Gasteiger partial charge in [-0.3, -0.25) is 4.79 Å². The van der Waals surface area contributed by atoms with E-state index >= 15 is 0 Å². The van der Waals surface area contributed by atoms with Crippen molar-refractivity contribution in [2.75, 3.05) is 0 Å². The van der Waals surface area contributed by atoms with E-state index in [1.807, 2.05) is 24.3 Å². The van der Waals surface area contributed by atoms with Crippen LogP contribution in [-0.4, -0.2) is 5.97 Å². The van der Waals surface area contributed by atoms with E-state index in [0.717, 1.165) is 6.42 Å². The van der Waals surface area contributed by atoms with Crippen LogP contribution in [0.25, 0.3) is 11.0 Å². The van der Waals surface area contributed by atoms with Gasteiger partial charge in [-0.1, -0.05) is 25.1 Å². The molecule has 0 unspecified atom stereocenters. The first-order valence-electron chi connectivity index (χ1n) is 8.72. The zero-order valence-corrected chi connectivity index (χ0v) is 15.8. The van der Waals surface area contributed by atoms with E-state index in [0.29, 0.717) is 27.3 Å². The summed E-state index contributed by atoms with van der Waals surface area (Å²) < 4.78 is 16.5. The summed E-state index contributed by atoms with van der Waals surface area (Å²) in [4.78, 5) is 25.2. The Bertz CT molecular complexity index is 1170. The number of hydrogen-bond acceptors (Lipinski definition) is 6. The fourth-order valence-electron chi connectivity index (χ4n) is 2.70. The molecule has 0 saturated carbocycles. The average molecular weight is 392 g/mol. The molecule has 0 saturated heterocycles. The lowest BCUT2D eigenvalue weighted by molar-refractivity contribution is 0.0740. The molecule has 5 nitrogen and oxygen atoms in total. The summed E-state index contributed by atoms with van der Waals surface area (Å²) in [6.45, 7) is 2.07. The Kier molecular flexibility index (Phi) is 4.95. The Morgan fingerprint density at radius 3 is 2.57 bits per heavy atom. The van der Waals surface area contributed by atoms with Gasteiger partial charge in [0.15, 0.2) is 0 Å². The fraction of sp³-hybridized carbons (Fsp3) is 0.0909. The van der Waals surface area contributed by atoms with Gasteiger partial charge < -0.3 is 13.9 Å². The number of esters is 1. The Labute approximate surface area is 164 Å². The first kappa shape index (κ1) is 18.0. The van der Waals surface area contributed by atoms with Crippen LogP contribution in [0, 0.1) is 0 Å². The van der Waals surface area contributed by atoms with E-state index in [1.54, 1.807) is 29.6 Å². The van der Waals surface area contributed by atoms with Crippen LogP contribution in [0.1, 0.15) is 22.2 Å². The van der Waals surface area contributed by atoms with Gasteiger partial charge in [-0.15, -0.1) is 11.3 Å². The van der Waals surface area contributed by atoms with Crippen molar-refractivity contribution in [1.29, 1.82) is 0 Å². The molecule has 6 heteroatoms. The number of benzene rings is 2. The third kappa shape index (κ3) is 3.68. The topological polar surface area (TPSA) is 65.7 Å².